The monoisotopic (exact) mass is 268 g/mol. The number of amides is 1. The second-order valence-corrected chi connectivity index (χ2v) is 5.39. The average Bonchev–Trinajstić information content (AvgIpc) is 1.97. The van der Waals surface area contributed by atoms with E-state index in [1.807, 2.05) is 0 Å². The molecular formula is C9H21N2O5P. The Balaban J connectivity index is -0.000000139. The lowest BCUT2D eigenvalue weighted by Gasteiger charge is -2.36. The van der Waals surface area contributed by atoms with Crippen LogP contribution in [0, 0.1) is 0 Å². The number of phosphoric acid groups is 1. The summed E-state index contributed by atoms with van der Waals surface area (Å²) in [6, 6.07) is 0. The lowest BCUT2D eigenvalue weighted by molar-refractivity contribution is -0.869. The maximum atomic E-state index is 11.0. The number of carbonyl (C=O) groups is 1. The summed E-state index contributed by atoms with van der Waals surface area (Å²) < 4.78 is 9.41. The molecule has 102 valence electrons. The predicted molar refractivity (Wildman–Crippen MR) is 60.6 cm³/mol. The minimum absolute atomic E-state index is 0. The van der Waals surface area contributed by atoms with E-state index in [0.29, 0.717) is 12.1 Å². The second-order valence-electron chi connectivity index (χ2n) is 4.50. The first kappa shape index (κ1) is 18.6. The highest BCUT2D eigenvalue weighted by molar-refractivity contribution is 7.40. The molecule has 7 nitrogen and oxygen atoms in total. The minimum atomic E-state index is -5.39. The van der Waals surface area contributed by atoms with Crippen molar-refractivity contribution in [3.63, 3.8) is 0 Å². The van der Waals surface area contributed by atoms with Crippen molar-refractivity contribution in [1.29, 1.82) is 0 Å². The summed E-state index contributed by atoms with van der Waals surface area (Å²) in [7, 11) is 0.882. The summed E-state index contributed by atoms with van der Waals surface area (Å²) in [5.74, 6) is -0.0524. The molecule has 8 heteroatoms. The molecule has 17 heavy (non-hydrogen) atoms. The van der Waals surface area contributed by atoms with Crippen LogP contribution in [0.2, 0.25) is 0 Å². The van der Waals surface area contributed by atoms with E-state index < -0.39 is 7.82 Å². The van der Waals surface area contributed by atoms with Crippen LogP contribution in [0.1, 0.15) is 9.78 Å². The number of hydrogen-bond acceptors (Lipinski definition) is 5. The fourth-order valence-electron chi connectivity index (χ4n) is 0.656. The fourth-order valence-corrected chi connectivity index (χ4v) is 0.656. The molecule has 0 unspecified atom stereocenters. The van der Waals surface area contributed by atoms with Crippen LogP contribution in [-0.2, 0) is 9.36 Å². The number of nitrogens with zero attached hydrogens (tertiary/aromatic N) is 1. The molecular weight excluding hydrogens is 247 g/mol. The van der Waals surface area contributed by atoms with Crippen LogP contribution in [0.15, 0.2) is 12.2 Å². The van der Waals surface area contributed by atoms with E-state index in [9.17, 15) is 4.79 Å². The topological polar surface area (TPSA) is 115 Å². The maximum Gasteiger partial charge on any atom is 1.00 e. The Morgan fingerprint density at radius 1 is 1.35 bits per heavy atom. The van der Waals surface area contributed by atoms with Gasteiger partial charge in [0.2, 0.25) is 5.91 Å². The first-order valence-electron chi connectivity index (χ1n) is 4.80. The molecule has 0 radical (unpaired) electrons. The first-order valence-corrected chi connectivity index (χ1v) is 6.26. The largest absolute Gasteiger partial charge is 1.00 e. The third-order valence-corrected chi connectivity index (χ3v) is 1.46. The van der Waals surface area contributed by atoms with Crippen molar-refractivity contribution >= 4 is 13.7 Å². The highest BCUT2D eigenvalue weighted by Gasteiger charge is 2.07. The van der Waals surface area contributed by atoms with Crippen molar-refractivity contribution in [2.24, 2.45) is 0 Å². The van der Waals surface area contributed by atoms with Gasteiger partial charge < -0.3 is 29.0 Å². The van der Waals surface area contributed by atoms with E-state index in [1.165, 1.54) is 0 Å². The molecule has 0 fully saturated rings. The smallest absolute Gasteiger partial charge is 0.822 e. The number of carbonyl (C=O) groups excluding carboxylic acids is 1. The Bertz CT molecular complexity index is 306. The summed E-state index contributed by atoms with van der Waals surface area (Å²) in [6.07, 6.45) is 0. The summed E-state index contributed by atoms with van der Waals surface area (Å²) in [5, 5.41) is 2.78. The zero-order valence-corrected chi connectivity index (χ0v) is 11.5. The second kappa shape index (κ2) is 7.58. The van der Waals surface area contributed by atoms with Crippen LogP contribution in [0.5, 0.6) is 0 Å². The summed E-state index contributed by atoms with van der Waals surface area (Å²) in [4.78, 5) is 36.7. The van der Waals surface area contributed by atoms with E-state index in [-0.39, 0.29) is 8.76 Å². The van der Waals surface area contributed by atoms with Crippen LogP contribution < -0.4 is 20.0 Å². The van der Waals surface area contributed by atoms with Crippen molar-refractivity contribution in [2.45, 2.75) is 6.92 Å². The van der Waals surface area contributed by atoms with Crippen LogP contribution in [0.25, 0.3) is 0 Å². The normalized spacial score (nSPS) is 11.2. The van der Waals surface area contributed by atoms with E-state index in [1.54, 1.807) is 6.92 Å². The highest BCUT2D eigenvalue weighted by atomic mass is 31.2. The van der Waals surface area contributed by atoms with Crippen LogP contribution in [0.3, 0.4) is 0 Å². The Morgan fingerprint density at radius 3 is 1.94 bits per heavy atom. The molecule has 1 amide bonds. The molecule has 0 atom stereocenters. The van der Waals surface area contributed by atoms with Gasteiger partial charge in [-0.2, -0.15) is 7.82 Å². The van der Waals surface area contributed by atoms with Gasteiger partial charge in [0.25, 0.3) is 0 Å². The van der Waals surface area contributed by atoms with Gasteiger partial charge in [-0.3, -0.25) is 4.79 Å². The average molecular weight is 268 g/mol. The molecule has 0 aliphatic carbocycles. The lowest BCUT2D eigenvalue weighted by atomic mass is 10.3. The van der Waals surface area contributed by atoms with Crippen molar-refractivity contribution in [3.05, 3.63) is 12.2 Å². The molecule has 0 bridgehead atoms. The van der Waals surface area contributed by atoms with Gasteiger partial charge in [0.05, 0.1) is 34.2 Å². The number of nitrogens with one attached hydrogen (secondary N) is 1. The van der Waals surface area contributed by atoms with Crippen LogP contribution >= 0.6 is 7.82 Å². The standard InChI is InChI=1S/C9H18N2O.H3O4P/c1-8(2)9(12)10-6-7-11(3,4)5;1-5(2,3)4/h1,6-7H2,2-5H3;(H3,1,2,3,4). The molecule has 0 aliphatic rings. The van der Waals surface area contributed by atoms with E-state index in [2.05, 4.69) is 33.0 Å². The molecule has 0 saturated heterocycles. The number of hydrogen-bond donors (Lipinski definition) is 1. The summed E-state index contributed by atoms with van der Waals surface area (Å²) in [6.45, 7) is 6.90. The summed E-state index contributed by atoms with van der Waals surface area (Å²) >= 11 is 0. The Labute approximate surface area is 105 Å². The lowest BCUT2D eigenvalue weighted by Crippen LogP contribution is -2.41. The molecule has 1 N–H and O–H groups in total. The minimum Gasteiger partial charge on any atom is -0.822 e. The van der Waals surface area contributed by atoms with Gasteiger partial charge in [0, 0.05) is 5.57 Å². The molecule has 0 rings (SSSR count). The van der Waals surface area contributed by atoms with Gasteiger partial charge in [-0.15, -0.1) is 0 Å². The van der Waals surface area contributed by atoms with Gasteiger partial charge in [-0.05, 0) is 6.92 Å². The van der Waals surface area contributed by atoms with Gasteiger partial charge in [0.15, 0.2) is 0 Å². The maximum absolute atomic E-state index is 11.0. The Morgan fingerprint density at radius 2 is 1.71 bits per heavy atom. The third kappa shape index (κ3) is 25.5. The predicted octanol–water partition coefficient (Wildman–Crippen LogP) is -2.21. The molecule has 0 aromatic carbocycles. The van der Waals surface area contributed by atoms with Crippen LogP contribution in [-0.4, -0.2) is 44.6 Å². The molecule has 0 heterocycles. The molecule has 0 aromatic rings. The Hall–Kier alpha value is -0.720. The van der Waals surface area contributed by atoms with Crippen molar-refractivity contribution < 1.29 is 31.4 Å². The molecule has 0 saturated carbocycles. The molecule has 0 spiro atoms. The van der Waals surface area contributed by atoms with Gasteiger partial charge in [-0.1, -0.05) is 6.58 Å². The fraction of sp³-hybridized carbons (Fsp3) is 0.667. The van der Waals surface area contributed by atoms with Gasteiger partial charge >= 0.3 is 2.85 Å². The van der Waals surface area contributed by atoms with E-state index in [4.69, 9.17) is 19.2 Å². The van der Waals surface area contributed by atoms with E-state index >= 15 is 0 Å². The SMILES string of the molecule is C=C(C)C(=O)NCC[N+](C)(C)C.O=P([O-])([O-])[O-].[H+].[H+]. The summed E-state index contributed by atoms with van der Waals surface area (Å²) in [5.41, 5.74) is 0.566. The Kier molecular flexibility index (Phi) is 8.31. The van der Waals surface area contributed by atoms with Gasteiger partial charge in [0.1, 0.15) is 0 Å². The highest BCUT2D eigenvalue weighted by Crippen LogP contribution is 2.03. The first-order chi connectivity index (χ1) is 7.33. The number of likely N-dealkylation sites (N-methyl/N-ethyl adjacent to an activating group) is 1. The van der Waals surface area contributed by atoms with Gasteiger partial charge in [-0.25, -0.2) is 0 Å². The number of quaternary nitrogens is 1. The van der Waals surface area contributed by atoms with Crippen molar-refractivity contribution in [1.82, 2.24) is 5.32 Å². The van der Waals surface area contributed by atoms with Crippen molar-refractivity contribution in [2.75, 3.05) is 34.2 Å². The van der Waals surface area contributed by atoms with E-state index in [0.717, 1.165) is 11.0 Å². The zero-order chi connectivity index (χ0) is 14.3. The zero-order valence-electron chi connectivity index (χ0n) is 12.6. The molecule has 0 aromatic heterocycles. The quantitative estimate of drug-likeness (QED) is 0.352. The molecule has 0 aliphatic heterocycles. The van der Waals surface area contributed by atoms with Crippen molar-refractivity contribution in [3.8, 4) is 0 Å². The van der Waals surface area contributed by atoms with Crippen LogP contribution in [0.4, 0.5) is 0 Å². The number of rotatable bonds is 4. The third-order valence-electron chi connectivity index (χ3n) is 1.46.